The first-order valence-corrected chi connectivity index (χ1v) is 7.85. The number of benzene rings is 1. The van der Waals surface area contributed by atoms with Crippen molar-refractivity contribution in [1.82, 2.24) is 9.88 Å². The van der Waals surface area contributed by atoms with Gasteiger partial charge in [-0.25, -0.2) is 0 Å². The lowest BCUT2D eigenvalue weighted by Gasteiger charge is -2.30. The number of hydrogen-bond acceptors (Lipinski definition) is 4. The second kappa shape index (κ2) is 6.70. The molecule has 0 radical (unpaired) electrons. The van der Waals surface area contributed by atoms with Crippen molar-refractivity contribution in [3.8, 4) is 5.88 Å². The normalized spacial score (nSPS) is 16.5. The van der Waals surface area contributed by atoms with Gasteiger partial charge in [0.15, 0.2) is 0 Å². The fraction of sp³-hybridized carbons (Fsp3) is 0.278. The van der Waals surface area contributed by atoms with E-state index in [-0.39, 0.29) is 11.8 Å². The maximum atomic E-state index is 12.7. The van der Waals surface area contributed by atoms with Crippen LogP contribution >= 0.6 is 0 Å². The Morgan fingerprint density at radius 2 is 2.08 bits per heavy atom. The van der Waals surface area contributed by atoms with Gasteiger partial charge >= 0.3 is 0 Å². The van der Waals surface area contributed by atoms with E-state index in [9.17, 15) is 9.59 Å². The number of hydrogen-bond donors (Lipinski definition) is 1. The summed E-state index contributed by atoms with van der Waals surface area (Å²) in [6.45, 7) is 2.72. The number of ether oxygens (including phenoxy) is 1. The van der Waals surface area contributed by atoms with Gasteiger partial charge in [0.1, 0.15) is 5.82 Å². The number of pyridine rings is 1. The second-order valence-corrected chi connectivity index (χ2v) is 5.61. The summed E-state index contributed by atoms with van der Waals surface area (Å²) in [5.41, 5.74) is 1.32. The predicted molar refractivity (Wildman–Crippen MR) is 90.2 cm³/mol. The lowest BCUT2D eigenvalue weighted by molar-refractivity contribution is -0.118. The summed E-state index contributed by atoms with van der Waals surface area (Å²) in [7, 11) is 1.70. The predicted octanol–water partition coefficient (Wildman–Crippen LogP) is 2.29. The zero-order valence-electron chi connectivity index (χ0n) is 13.7. The van der Waals surface area contributed by atoms with Crippen molar-refractivity contribution in [3.63, 3.8) is 0 Å². The van der Waals surface area contributed by atoms with E-state index in [0.717, 1.165) is 5.56 Å². The number of carbonyl (C=O) groups is 2. The fourth-order valence-corrected chi connectivity index (χ4v) is 2.81. The van der Waals surface area contributed by atoms with Crippen LogP contribution in [-0.4, -0.2) is 41.9 Å². The van der Waals surface area contributed by atoms with E-state index >= 15 is 0 Å². The van der Waals surface area contributed by atoms with Gasteiger partial charge in [-0.2, -0.15) is 4.98 Å². The van der Waals surface area contributed by atoms with Crippen LogP contribution in [0.2, 0.25) is 0 Å². The van der Waals surface area contributed by atoms with Gasteiger partial charge in [-0.1, -0.05) is 24.3 Å². The number of carbonyl (C=O) groups excluding carboxylic acids is 2. The molecule has 6 nitrogen and oxygen atoms in total. The van der Waals surface area contributed by atoms with E-state index in [0.29, 0.717) is 30.4 Å². The Bertz CT molecular complexity index is 776. The van der Waals surface area contributed by atoms with Gasteiger partial charge in [0, 0.05) is 25.2 Å². The molecule has 0 aliphatic carbocycles. The smallest absolute Gasteiger partial charge is 0.253 e. The van der Waals surface area contributed by atoms with Gasteiger partial charge in [0.25, 0.3) is 5.91 Å². The molecule has 24 heavy (non-hydrogen) atoms. The second-order valence-electron chi connectivity index (χ2n) is 5.61. The zero-order chi connectivity index (χ0) is 17.1. The summed E-state index contributed by atoms with van der Waals surface area (Å²) in [6.07, 6.45) is 0. The number of rotatable bonds is 4. The van der Waals surface area contributed by atoms with Crippen molar-refractivity contribution in [3.05, 3.63) is 53.6 Å². The van der Waals surface area contributed by atoms with Crippen LogP contribution in [0.1, 0.15) is 28.8 Å². The molecule has 2 amide bonds. The lowest BCUT2D eigenvalue weighted by Crippen LogP contribution is -2.41. The maximum absolute atomic E-state index is 12.7. The molecule has 0 saturated heterocycles. The summed E-state index contributed by atoms with van der Waals surface area (Å²) >= 11 is 0. The number of aromatic nitrogens is 1. The van der Waals surface area contributed by atoms with Crippen LogP contribution in [0, 0.1) is 0 Å². The molecular weight excluding hydrogens is 306 g/mol. The average Bonchev–Trinajstić information content (AvgIpc) is 2.59. The fourth-order valence-electron chi connectivity index (χ4n) is 2.81. The van der Waals surface area contributed by atoms with Crippen LogP contribution in [0.15, 0.2) is 42.5 Å². The van der Waals surface area contributed by atoms with Crippen LogP contribution in [-0.2, 0) is 4.79 Å². The molecule has 3 rings (SSSR count). The van der Waals surface area contributed by atoms with Crippen LogP contribution in [0.5, 0.6) is 5.88 Å². The standard InChI is InChI=1S/C18H19N3O3/c1-3-24-16-10-6-9-15(19-16)20-17(22)14-11-21(2)18(23)13-8-5-4-7-12(13)14/h4-10,14H,3,11H2,1-2H3,(H,19,20,22). The molecule has 1 aromatic carbocycles. The summed E-state index contributed by atoms with van der Waals surface area (Å²) < 4.78 is 5.35. The third kappa shape index (κ3) is 3.08. The van der Waals surface area contributed by atoms with E-state index in [1.807, 2.05) is 19.1 Å². The minimum atomic E-state index is -0.429. The summed E-state index contributed by atoms with van der Waals surface area (Å²) in [4.78, 5) is 30.8. The third-order valence-corrected chi connectivity index (χ3v) is 3.95. The Labute approximate surface area is 140 Å². The topological polar surface area (TPSA) is 71.5 Å². The van der Waals surface area contributed by atoms with Crippen molar-refractivity contribution in [2.24, 2.45) is 0 Å². The molecule has 2 aromatic rings. The molecule has 1 unspecified atom stereocenters. The number of amides is 2. The molecule has 1 N–H and O–H groups in total. The maximum Gasteiger partial charge on any atom is 0.253 e. The van der Waals surface area contributed by atoms with Gasteiger partial charge in [-0.05, 0) is 24.6 Å². The summed E-state index contributed by atoms with van der Waals surface area (Å²) in [5.74, 6) is 0.213. The number of fused-ring (bicyclic) bond motifs is 1. The molecule has 1 atom stereocenters. The molecule has 1 aliphatic heterocycles. The van der Waals surface area contributed by atoms with E-state index in [4.69, 9.17) is 4.74 Å². The molecular formula is C18H19N3O3. The van der Waals surface area contributed by atoms with Gasteiger partial charge in [0.05, 0.1) is 12.5 Å². The molecule has 0 saturated carbocycles. The van der Waals surface area contributed by atoms with Crippen molar-refractivity contribution >= 4 is 17.6 Å². The Hall–Kier alpha value is -2.89. The molecule has 0 fully saturated rings. The minimum absolute atomic E-state index is 0.0638. The van der Waals surface area contributed by atoms with Gasteiger partial charge in [-0.15, -0.1) is 0 Å². The van der Waals surface area contributed by atoms with E-state index < -0.39 is 5.92 Å². The molecule has 124 valence electrons. The molecule has 0 spiro atoms. The molecule has 0 bridgehead atoms. The minimum Gasteiger partial charge on any atom is -0.478 e. The zero-order valence-corrected chi connectivity index (χ0v) is 13.7. The third-order valence-electron chi connectivity index (χ3n) is 3.95. The van der Waals surface area contributed by atoms with E-state index in [2.05, 4.69) is 10.3 Å². The Kier molecular flexibility index (Phi) is 4.46. The van der Waals surface area contributed by atoms with Crippen molar-refractivity contribution < 1.29 is 14.3 Å². The molecule has 2 heterocycles. The molecule has 1 aromatic heterocycles. The quantitative estimate of drug-likeness (QED) is 0.936. The van der Waals surface area contributed by atoms with Crippen molar-refractivity contribution in [1.29, 1.82) is 0 Å². The van der Waals surface area contributed by atoms with Crippen LogP contribution < -0.4 is 10.1 Å². The van der Waals surface area contributed by atoms with Crippen LogP contribution in [0.4, 0.5) is 5.82 Å². The lowest BCUT2D eigenvalue weighted by atomic mass is 9.89. The number of likely N-dealkylation sites (N-methyl/N-ethyl adjacent to an activating group) is 1. The number of nitrogens with zero attached hydrogens (tertiary/aromatic N) is 2. The number of nitrogens with one attached hydrogen (secondary N) is 1. The van der Waals surface area contributed by atoms with Crippen molar-refractivity contribution in [2.75, 3.05) is 25.5 Å². The summed E-state index contributed by atoms with van der Waals surface area (Å²) in [5, 5.41) is 2.82. The monoisotopic (exact) mass is 325 g/mol. The Morgan fingerprint density at radius 3 is 2.88 bits per heavy atom. The van der Waals surface area contributed by atoms with Crippen molar-refractivity contribution in [2.45, 2.75) is 12.8 Å². The average molecular weight is 325 g/mol. The first-order chi connectivity index (χ1) is 11.6. The highest BCUT2D eigenvalue weighted by atomic mass is 16.5. The highest BCUT2D eigenvalue weighted by Crippen LogP contribution is 2.28. The van der Waals surface area contributed by atoms with Crippen LogP contribution in [0.3, 0.4) is 0 Å². The summed E-state index contributed by atoms with van der Waals surface area (Å²) in [6, 6.07) is 12.4. The van der Waals surface area contributed by atoms with Crippen LogP contribution in [0.25, 0.3) is 0 Å². The molecule has 1 aliphatic rings. The van der Waals surface area contributed by atoms with Gasteiger partial charge < -0.3 is 15.0 Å². The molecule has 6 heteroatoms. The van der Waals surface area contributed by atoms with Gasteiger partial charge in [-0.3, -0.25) is 9.59 Å². The van der Waals surface area contributed by atoms with E-state index in [1.54, 1.807) is 42.3 Å². The number of anilines is 1. The van der Waals surface area contributed by atoms with Gasteiger partial charge in [0.2, 0.25) is 11.8 Å². The first kappa shape index (κ1) is 16.0. The SMILES string of the molecule is CCOc1cccc(NC(=O)C2CN(C)C(=O)c3ccccc32)n1. The Morgan fingerprint density at radius 1 is 1.29 bits per heavy atom. The highest BCUT2D eigenvalue weighted by Gasteiger charge is 2.33. The first-order valence-electron chi connectivity index (χ1n) is 7.85. The largest absolute Gasteiger partial charge is 0.478 e. The Balaban J connectivity index is 1.84. The highest BCUT2D eigenvalue weighted by molar-refractivity contribution is 6.03. The van der Waals surface area contributed by atoms with E-state index in [1.165, 1.54) is 0 Å².